The second kappa shape index (κ2) is 13.5. The van der Waals surface area contributed by atoms with Crippen molar-refractivity contribution in [3.8, 4) is 0 Å². The Balaban J connectivity index is 1.43. The molecule has 7 rings (SSSR count). The standard InChI is InChI=1S/C63H114O/c1-34(2)43-39(7)40(8)53(19,20)59(29)45(43)36(4)35(3)44-46(59)37(5)38(6)47-48(44)52(17,18)41(9)49-58(28,42(10)57(27)33-63(47,49)57)60(30,50(11,12)13)54(21,22)55(23,24)62(32)56(25,26)61(31,64-62)51(14,15)16/h34-49H,33H2,1-32H3. The molecule has 7 fully saturated rings. The third-order valence-corrected chi connectivity index (χ3v) is 30.3. The molecule has 1 nitrogen and oxygen atoms in total. The van der Waals surface area contributed by atoms with Crippen molar-refractivity contribution in [2.75, 3.05) is 0 Å². The predicted octanol–water partition coefficient (Wildman–Crippen LogP) is 18.3. The van der Waals surface area contributed by atoms with Gasteiger partial charge in [-0.15, -0.1) is 0 Å². The Bertz CT molecular complexity index is 1860. The Hall–Kier alpha value is -0.0400. The summed E-state index contributed by atoms with van der Waals surface area (Å²) in [5.74, 6) is 11.6. The van der Waals surface area contributed by atoms with E-state index in [1.54, 1.807) is 0 Å². The summed E-state index contributed by atoms with van der Waals surface area (Å²) in [5.41, 5.74) is 0.910. The van der Waals surface area contributed by atoms with Crippen molar-refractivity contribution in [1.29, 1.82) is 0 Å². The highest BCUT2D eigenvalue weighted by Gasteiger charge is 2.91. The summed E-state index contributed by atoms with van der Waals surface area (Å²) in [5, 5.41) is 0. The summed E-state index contributed by atoms with van der Waals surface area (Å²) in [6.45, 7) is 86.3. The van der Waals surface area contributed by atoms with Crippen LogP contribution in [0.2, 0.25) is 0 Å². The van der Waals surface area contributed by atoms with Gasteiger partial charge in [0.15, 0.2) is 0 Å². The lowest BCUT2D eigenvalue weighted by atomic mass is 9.26. The highest BCUT2D eigenvalue weighted by atomic mass is 16.6. The lowest BCUT2D eigenvalue weighted by Crippen LogP contribution is -2.83. The van der Waals surface area contributed by atoms with Gasteiger partial charge < -0.3 is 4.74 Å². The summed E-state index contributed by atoms with van der Waals surface area (Å²) < 4.78 is 7.64. The van der Waals surface area contributed by atoms with Gasteiger partial charge in [-0.25, -0.2) is 0 Å². The van der Waals surface area contributed by atoms with Gasteiger partial charge in [0.2, 0.25) is 0 Å². The smallest absolute Gasteiger partial charge is 0.0796 e. The van der Waals surface area contributed by atoms with E-state index in [1.165, 1.54) is 6.42 Å². The van der Waals surface area contributed by atoms with E-state index in [2.05, 4.69) is 222 Å². The highest BCUT2D eigenvalue weighted by Crippen LogP contribution is 2.96. The summed E-state index contributed by atoms with van der Waals surface area (Å²) in [7, 11) is 0. The van der Waals surface area contributed by atoms with Crippen molar-refractivity contribution in [1.82, 2.24) is 0 Å². The van der Waals surface area contributed by atoms with Crippen molar-refractivity contribution >= 4 is 0 Å². The zero-order valence-electron chi connectivity index (χ0n) is 49.4. The van der Waals surface area contributed by atoms with Gasteiger partial charge in [-0.3, -0.25) is 0 Å². The molecule has 1 saturated heterocycles. The molecule has 22 atom stereocenters. The molecule has 22 unspecified atom stereocenters. The average Bonchev–Trinajstić information content (AvgIpc) is 3.72. The molecule has 0 bridgehead atoms. The Kier molecular flexibility index (Phi) is 10.9. The number of ether oxygens (including phenoxy) is 1. The van der Waals surface area contributed by atoms with Gasteiger partial charge in [-0.2, -0.15) is 0 Å². The van der Waals surface area contributed by atoms with E-state index in [0.717, 1.165) is 65.1 Å². The lowest BCUT2D eigenvalue weighted by Gasteiger charge is -2.80. The number of fused-ring (bicyclic) bond motifs is 5. The summed E-state index contributed by atoms with van der Waals surface area (Å²) in [6, 6.07) is 0. The van der Waals surface area contributed by atoms with E-state index in [4.69, 9.17) is 4.74 Å². The van der Waals surface area contributed by atoms with E-state index in [1.807, 2.05) is 0 Å². The van der Waals surface area contributed by atoms with Gasteiger partial charge in [-0.1, -0.05) is 208 Å². The van der Waals surface area contributed by atoms with Crippen molar-refractivity contribution in [2.45, 2.75) is 239 Å². The van der Waals surface area contributed by atoms with Gasteiger partial charge >= 0.3 is 0 Å². The van der Waals surface area contributed by atoms with Crippen LogP contribution in [0.15, 0.2) is 0 Å². The molecule has 7 aliphatic rings. The number of hydrogen-bond donors (Lipinski definition) is 0. The second-order valence-electron chi connectivity index (χ2n) is 33.0. The molecule has 6 aliphatic carbocycles. The first-order valence-corrected chi connectivity index (χ1v) is 27.9. The monoisotopic (exact) mass is 887 g/mol. The molecular formula is C63H114O. The van der Waals surface area contributed by atoms with Crippen molar-refractivity contribution in [2.24, 2.45) is 160 Å². The molecular weight excluding hydrogens is 773 g/mol. The number of rotatable bonds is 5. The van der Waals surface area contributed by atoms with E-state index >= 15 is 0 Å². The van der Waals surface area contributed by atoms with Gasteiger partial charge in [0, 0.05) is 5.41 Å². The van der Waals surface area contributed by atoms with E-state index in [-0.39, 0.29) is 59.9 Å². The molecule has 0 radical (unpaired) electrons. The molecule has 0 amide bonds. The van der Waals surface area contributed by atoms with E-state index < -0.39 is 0 Å². The Morgan fingerprint density at radius 1 is 0.531 bits per heavy atom. The lowest BCUT2D eigenvalue weighted by molar-refractivity contribution is -0.437. The quantitative estimate of drug-likeness (QED) is 0.267. The molecule has 0 aromatic heterocycles. The maximum Gasteiger partial charge on any atom is 0.0796 e. The fourth-order valence-corrected chi connectivity index (χ4v) is 23.9. The first-order chi connectivity index (χ1) is 28.2. The van der Waals surface area contributed by atoms with Crippen LogP contribution in [0, 0.1) is 160 Å². The van der Waals surface area contributed by atoms with Crippen molar-refractivity contribution in [3.05, 3.63) is 0 Å². The van der Waals surface area contributed by atoms with Crippen LogP contribution in [-0.2, 0) is 4.74 Å². The largest absolute Gasteiger partial charge is 0.367 e. The zero-order valence-corrected chi connectivity index (χ0v) is 49.4. The van der Waals surface area contributed by atoms with Crippen LogP contribution < -0.4 is 0 Å². The SMILES string of the molecule is CC(C)C1C(C)C(C)C(C)(C)C2(C)C1C(C)C(C)C1C3C(C(C)C(C)C12)C12CC1(C)C(C)C(C)(C(C)(C(C)(C)C)C(C)(C)C(C)(C)C1(C)OC(C)(C(C)(C)C)C1(C)C)C2C(C)C3(C)C. The molecule has 1 heteroatoms. The molecule has 0 N–H and O–H groups in total. The molecule has 1 heterocycles. The van der Waals surface area contributed by atoms with E-state index in [9.17, 15) is 0 Å². The van der Waals surface area contributed by atoms with Crippen molar-refractivity contribution < 1.29 is 4.74 Å². The van der Waals surface area contributed by atoms with E-state index in [0.29, 0.717) is 45.8 Å². The van der Waals surface area contributed by atoms with Gasteiger partial charge in [0.05, 0.1) is 11.2 Å². The molecule has 1 spiro atoms. The summed E-state index contributed by atoms with van der Waals surface area (Å²) in [4.78, 5) is 0. The first kappa shape index (κ1) is 51.8. The topological polar surface area (TPSA) is 9.23 Å². The minimum Gasteiger partial charge on any atom is -0.367 e. The molecule has 0 aromatic rings. The second-order valence-corrected chi connectivity index (χ2v) is 33.0. The third kappa shape index (κ3) is 4.94. The fraction of sp³-hybridized carbons (Fsp3) is 1.00. The maximum absolute atomic E-state index is 7.64. The Morgan fingerprint density at radius 3 is 1.44 bits per heavy atom. The minimum absolute atomic E-state index is 0.0195. The Labute approximate surface area is 401 Å². The van der Waals surface area contributed by atoms with Crippen LogP contribution in [-0.4, -0.2) is 11.2 Å². The summed E-state index contributed by atoms with van der Waals surface area (Å²) >= 11 is 0. The zero-order chi connectivity index (χ0) is 49.7. The first-order valence-electron chi connectivity index (χ1n) is 27.9. The molecule has 0 aromatic carbocycles. The third-order valence-electron chi connectivity index (χ3n) is 30.3. The van der Waals surface area contributed by atoms with Crippen LogP contribution in [0.4, 0.5) is 0 Å². The van der Waals surface area contributed by atoms with Crippen LogP contribution in [0.1, 0.15) is 228 Å². The van der Waals surface area contributed by atoms with Crippen molar-refractivity contribution in [3.63, 3.8) is 0 Å². The molecule has 372 valence electrons. The van der Waals surface area contributed by atoms with Crippen LogP contribution >= 0.6 is 0 Å². The Morgan fingerprint density at radius 2 is 1.00 bits per heavy atom. The fourth-order valence-electron chi connectivity index (χ4n) is 23.9. The van der Waals surface area contributed by atoms with Gasteiger partial charge in [0.1, 0.15) is 0 Å². The summed E-state index contributed by atoms with van der Waals surface area (Å²) in [6.07, 6.45) is 1.44. The van der Waals surface area contributed by atoms with Crippen LogP contribution in [0.5, 0.6) is 0 Å². The van der Waals surface area contributed by atoms with Gasteiger partial charge in [-0.05, 0) is 175 Å². The van der Waals surface area contributed by atoms with Crippen LogP contribution in [0.25, 0.3) is 0 Å². The predicted molar refractivity (Wildman–Crippen MR) is 278 cm³/mol. The molecule has 64 heavy (non-hydrogen) atoms. The molecule has 1 aliphatic heterocycles. The van der Waals surface area contributed by atoms with Gasteiger partial charge in [0.25, 0.3) is 0 Å². The normalized spacial score (nSPS) is 55.0. The maximum atomic E-state index is 7.64. The number of hydrogen-bond acceptors (Lipinski definition) is 1. The molecule has 6 saturated carbocycles. The minimum atomic E-state index is -0.301. The van der Waals surface area contributed by atoms with Crippen LogP contribution in [0.3, 0.4) is 0 Å². The average molecular weight is 888 g/mol. The highest BCUT2D eigenvalue weighted by molar-refractivity contribution is 5.38.